The smallest absolute Gasteiger partial charge is 0.345 e. The minimum Gasteiger partial charge on any atom is -0.502 e. The highest BCUT2D eigenvalue weighted by molar-refractivity contribution is 5.90. The maximum Gasteiger partial charge on any atom is 0.345 e. The van der Waals surface area contributed by atoms with Crippen molar-refractivity contribution in [2.45, 2.75) is 12.5 Å². The molecule has 0 spiro atoms. The fourth-order valence-corrected chi connectivity index (χ4v) is 1.77. The van der Waals surface area contributed by atoms with E-state index < -0.39 is 30.4 Å². The average molecular weight is 354 g/mol. The summed E-state index contributed by atoms with van der Waals surface area (Å²) in [6.07, 6.45) is 0.0164. The lowest BCUT2D eigenvalue weighted by Gasteiger charge is -2.11. The first-order valence-electron chi connectivity index (χ1n) is 6.95. The number of benzene rings is 1. The van der Waals surface area contributed by atoms with Crippen LogP contribution < -0.4 is 9.47 Å². The van der Waals surface area contributed by atoms with Crippen molar-refractivity contribution in [1.29, 1.82) is 0 Å². The first kappa shape index (κ1) is 19.8. The van der Waals surface area contributed by atoms with Crippen LogP contribution in [0.5, 0.6) is 17.2 Å². The van der Waals surface area contributed by atoms with Crippen LogP contribution in [-0.2, 0) is 23.9 Å². The van der Waals surface area contributed by atoms with E-state index in [1.807, 2.05) is 0 Å². The molecule has 1 atom stereocenters. The maximum atomic E-state index is 11.7. The van der Waals surface area contributed by atoms with Crippen LogP contribution in [0, 0.1) is 0 Å². The van der Waals surface area contributed by atoms with E-state index in [2.05, 4.69) is 4.74 Å². The quantitative estimate of drug-likeness (QED) is 0.518. The SMILES string of the molecule is COC(=O)C[C@@H](OC(=O)C=Cc1cc(OC)c(O)c(OC)c1)C(=O)O. The normalized spacial score (nSPS) is 11.6. The molecular formula is C16H18O9. The number of hydrogen-bond donors (Lipinski definition) is 2. The maximum absolute atomic E-state index is 11.7. The largest absolute Gasteiger partial charge is 0.502 e. The lowest BCUT2D eigenvalue weighted by molar-refractivity contribution is -0.165. The average Bonchev–Trinajstić information content (AvgIpc) is 2.59. The molecule has 0 aliphatic rings. The first-order chi connectivity index (χ1) is 11.8. The Kier molecular flexibility index (Phi) is 7.26. The van der Waals surface area contributed by atoms with Gasteiger partial charge in [0.25, 0.3) is 0 Å². The zero-order chi connectivity index (χ0) is 19.0. The van der Waals surface area contributed by atoms with E-state index in [1.54, 1.807) is 0 Å². The van der Waals surface area contributed by atoms with E-state index in [0.717, 1.165) is 13.2 Å². The Morgan fingerprint density at radius 1 is 1.12 bits per heavy atom. The minimum atomic E-state index is -1.66. The molecule has 136 valence electrons. The fourth-order valence-electron chi connectivity index (χ4n) is 1.77. The first-order valence-corrected chi connectivity index (χ1v) is 6.95. The molecule has 1 aromatic rings. The lowest BCUT2D eigenvalue weighted by atomic mass is 10.1. The third-order valence-corrected chi connectivity index (χ3v) is 3.03. The summed E-state index contributed by atoms with van der Waals surface area (Å²) in [6, 6.07) is 2.87. The molecule has 25 heavy (non-hydrogen) atoms. The summed E-state index contributed by atoms with van der Waals surface area (Å²) < 4.78 is 19.0. The Morgan fingerprint density at radius 3 is 2.12 bits per heavy atom. The van der Waals surface area contributed by atoms with Crippen molar-refractivity contribution in [3.05, 3.63) is 23.8 Å². The van der Waals surface area contributed by atoms with Crippen molar-refractivity contribution < 1.29 is 43.5 Å². The highest BCUT2D eigenvalue weighted by Crippen LogP contribution is 2.37. The number of rotatable bonds is 8. The molecule has 0 unspecified atom stereocenters. The highest BCUT2D eigenvalue weighted by Gasteiger charge is 2.25. The molecule has 0 aromatic heterocycles. The second-order valence-corrected chi connectivity index (χ2v) is 4.65. The van der Waals surface area contributed by atoms with E-state index in [1.165, 1.54) is 32.4 Å². The van der Waals surface area contributed by atoms with Gasteiger partial charge in [-0.1, -0.05) is 0 Å². The summed E-state index contributed by atoms with van der Waals surface area (Å²) in [5.41, 5.74) is 0.434. The Labute approximate surface area is 143 Å². The van der Waals surface area contributed by atoms with Gasteiger partial charge in [-0.2, -0.15) is 0 Å². The zero-order valence-corrected chi connectivity index (χ0v) is 13.8. The van der Waals surface area contributed by atoms with Gasteiger partial charge in [0.05, 0.1) is 27.8 Å². The van der Waals surface area contributed by atoms with Gasteiger partial charge in [0.2, 0.25) is 11.9 Å². The van der Waals surface area contributed by atoms with Crippen molar-refractivity contribution in [1.82, 2.24) is 0 Å². The molecule has 1 rings (SSSR count). The van der Waals surface area contributed by atoms with Crippen molar-refractivity contribution >= 4 is 24.0 Å². The number of hydrogen-bond acceptors (Lipinski definition) is 8. The number of carbonyl (C=O) groups excluding carboxylic acids is 2. The molecule has 0 aliphatic heterocycles. The molecule has 0 saturated heterocycles. The number of phenolic OH excluding ortho intramolecular Hbond substituents is 1. The van der Waals surface area contributed by atoms with E-state index in [0.29, 0.717) is 5.56 Å². The van der Waals surface area contributed by atoms with Crippen molar-refractivity contribution in [3.63, 3.8) is 0 Å². The summed E-state index contributed by atoms with van der Waals surface area (Å²) in [7, 11) is 3.79. The Balaban J connectivity index is 2.88. The molecule has 2 N–H and O–H groups in total. The van der Waals surface area contributed by atoms with Gasteiger partial charge in [-0.25, -0.2) is 9.59 Å². The molecule has 0 aliphatic carbocycles. The molecule has 0 amide bonds. The molecule has 0 saturated carbocycles. The molecule has 9 nitrogen and oxygen atoms in total. The van der Waals surface area contributed by atoms with Crippen LogP contribution in [0.4, 0.5) is 0 Å². The Morgan fingerprint density at radius 2 is 1.68 bits per heavy atom. The zero-order valence-electron chi connectivity index (χ0n) is 13.8. The number of methoxy groups -OCH3 is 3. The van der Waals surface area contributed by atoms with Gasteiger partial charge in [-0.3, -0.25) is 4.79 Å². The van der Waals surface area contributed by atoms with Crippen LogP contribution in [0.2, 0.25) is 0 Å². The summed E-state index contributed by atoms with van der Waals surface area (Å²) >= 11 is 0. The van der Waals surface area contributed by atoms with Gasteiger partial charge in [-0.15, -0.1) is 0 Å². The third kappa shape index (κ3) is 5.72. The van der Waals surface area contributed by atoms with Crippen LogP contribution in [-0.4, -0.2) is 55.6 Å². The number of carboxylic acids is 1. The van der Waals surface area contributed by atoms with Crippen molar-refractivity contribution in [3.8, 4) is 17.2 Å². The van der Waals surface area contributed by atoms with Crippen LogP contribution in [0.3, 0.4) is 0 Å². The Hall–Kier alpha value is -3.23. The van der Waals surface area contributed by atoms with Gasteiger partial charge < -0.3 is 29.2 Å². The van der Waals surface area contributed by atoms with Crippen LogP contribution in [0.25, 0.3) is 6.08 Å². The fraction of sp³-hybridized carbons (Fsp3) is 0.312. The number of esters is 2. The summed E-state index contributed by atoms with van der Waals surface area (Å²) in [5.74, 6) is -3.21. The number of aromatic hydroxyl groups is 1. The summed E-state index contributed by atoms with van der Waals surface area (Å²) in [5, 5.41) is 18.8. The molecule has 0 bridgehead atoms. The van der Waals surface area contributed by atoms with Gasteiger partial charge in [0.15, 0.2) is 11.5 Å². The second kappa shape index (κ2) is 9.16. The highest BCUT2D eigenvalue weighted by atomic mass is 16.6. The summed E-state index contributed by atoms with van der Waals surface area (Å²) in [4.78, 5) is 33.8. The van der Waals surface area contributed by atoms with Gasteiger partial charge in [0, 0.05) is 6.08 Å². The summed E-state index contributed by atoms with van der Waals surface area (Å²) in [6.45, 7) is 0. The molecule has 0 fully saturated rings. The number of ether oxygens (including phenoxy) is 4. The van der Waals surface area contributed by atoms with E-state index in [-0.39, 0.29) is 17.2 Å². The van der Waals surface area contributed by atoms with E-state index in [9.17, 15) is 19.5 Å². The van der Waals surface area contributed by atoms with E-state index >= 15 is 0 Å². The number of phenols is 1. The predicted octanol–water partition coefficient (Wildman–Crippen LogP) is 0.982. The number of aliphatic carboxylic acids is 1. The van der Waals surface area contributed by atoms with Gasteiger partial charge in [0.1, 0.15) is 0 Å². The minimum absolute atomic E-state index is 0.126. The van der Waals surface area contributed by atoms with Crippen molar-refractivity contribution in [2.24, 2.45) is 0 Å². The molecule has 9 heteroatoms. The van der Waals surface area contributed by atoms with Crippen molar-refractivity contribution in [2.75, 3.05) is 21.3 Å². The molecule has 0 heterocycles. The lowest BCUT2D eigenvalue weighted by Crippen LogP contribution is -2.29. The van der Waals surface area contributed by atoms with Crippen LogP contribution in [0.15, 0.2) is 18.2 Å². The number of carboxylic acid groups (broad SMARTS) is 1. The Bertz CT molecular complexity index is 653. The third-order valence-electron chi connectivity index (χ3n) is 3.03. The molecule has 1 aromatic carbocycles. The molecular weight excluding hydrogens is 336 g/mol. The van der Waals surface area contributed by atoms with Gasteiger partial charge >= 0.3 is 17.9 Å². The van der Waals surface area contributed by atoms with E-state index in [4.69, 9.17) is 19.3 Å². The standard InChI is InChI=1S/C16H18O9/c1-22-10-6-9(7-11(23-2)15(10)19)4-5-13(17)25-12(16(20)21)8-14(18)24-3/h4-7,12,19H,8H2,1-3H3,(H,20,21)/t12-/m1/s1. The molecule has 0 radical (unpaired) electrons. The predicted molar refractivity (Wildman–Crippen MR) is 84.4 cm³/mol. The second-order valence-electron chi connectivity index (χ2n) is 4.65. The number of carbonyl (C=O) groups is 3. The topological polar surface area (TPSA) is 129 Å². The van der Waals surface area contributed by atoms with Crippen LogP contribution >= 0.6 is 0 Å². The van der Waals surface area contributed by atoms with Gasteiger partial charge in [-0.05, 0) is 23.8 Å². The van der Waals surface area contributed by atoms with Crippen LogP contribution in [0.1, 0.15) is 12.0 Å². The monoisotopic (exact) mass is 354 g/mol.